The van der Waals surface area contributed by atoms with Crippen LogP contribution in [0.3, 0.4) is 0 Å². The van der Waals surface area contributed by atoms with Crippen molar-refractivity contribution >= 4 is 21.6 Å². The molecule has 2 unspecified atom stereocenters. The van der Waals surface area contributed by atoms with Crippen LogP contribution >= 0.6 is 21.6 Å². The first-order valence-electron chi connectivity index (χ1n) is 5.79. The predicted molar refractivity (Wildman–Crippen MR) is 77.6 cm³/mol. The van der Waals surface area contributed by atoms with Crippen molar-refractivity contribution in [3.63, 3.8) is 0 Å². The molecule has 0 heterocycles. The van der Waals surface area contributed by atoms with Crippen LogP contribution in [0.1, 0.15) is 13.8 Å². The van der Waals surface area contributed by atoms with Gasteiger partial charge in [-0.05, 0) is 0 Å². The van der Waals surface area contributed by atoms with Gasteiger partial charge in [0.2, 0.25) is 0 Å². The van der Waals surface area contributed by atoms with Crippen LogP contribution in [0.25, 0.3) is 0 Å². The van der Waals surface area contributed by atoms with Crippen molar-refractivity contribution in [3.05, 3.63) is 48.6 Å². The van der Waals surface area contributed by atoms with Gasteiger partial charge in [-0.15, -0.1) is 0 Å². The number of hydrogen-bond donors (Lipinski definition) is 0. The molecule has 0 aromatic heterocycles. The number of hydrogen-bond acceptors (Lipinski definition) is 2. The van der Waals surface area contributed by atoms with E-state index in [-0.39, 0.29) is 0 Å². The van der Waals surface area contributed by atoms with Gasteiger partial charge in [-0.2, -0.15) is 0 Å². The van der Waals surface area contributed by atoms with E-state index in [0.29, 0.717) is 22.3 Å². The zero-order valence-corrected chi connectivity index (χ0v) is 11.4. The highest BCUT2D eigenvalue weighted by Gasteiger charge is 2.19. The Morgan fingerprint density at radius 2 is 1.00 bits per heavy atom. The fourth-order valence-electron chi connectivity index (χ4n) is 1.83. The summed E-state index contributed by atoms with van der Waals surface area (Å²) in [7, 11) is 4.03. The van der Waals surface area contributed by atoms with Crippen molar-refractivity contribution in [1.29, 1.82) is 0 Å². The van der Waals surface area contributed by atoms with Crippen LogP contribution in [0.2, 0.25) is 0 Å². The Hall–Kier alpha value is -0.340. The van der Waals surface area contributed by atoms with Gasteiger partial charge in [0.25, 0.3) is 0 Å². The fourth-order valence-corrected chi connectivity index (χ4v) is 4.62. The second kappa shape index (κ2) is 5.83. The van der Waals surface area contributed by atoms with E-state index in [0.717, 1.165) is 0 Å². The maximum atomic E-state index is 2.31. The fraction of sp³-hybridized carbons (Fsp3) is 0.429. The standard InChI is InChI=1S/C14H18S2/c1-11(13-7-3-4-8-13)15-16-12(2)14-9-5-6-10-14/h3-14H,1-2H3. The largest absolute Gasteiger partial charge is 0.0898 e. The van der Waals surface area contributed by atoms with Crippen molar-refractivity contribution in [2.45, 2.75) is 24.3 Å². The quantitative estimate of drug-likeness (QED) is 0.653. The summed E-state index contributed by atoms with van der Waals surface area (Å²) in [6, 6.07) is 0. The van der Waals surface area contributed by atoms with E-state index in [4.69, 9.17) is 0 Å². The van der Waals surface area contributed by atoms with Gasteiger partial charge >= 0.3 is 0 Å². The molecule has 86 valence electrons. The highest BCUT2D eigenvalue weighted by molar-refractivity contribution is 8.77. The minimum absolute atomic E-state index is 0.624. The normalized spacial score (nSPS) is 23.4. The molecule has 0 aromatic rings. The van der Waals surface area contributed by atoms with Crippen molar-refractivity contribution in [2.75, 3.05) is 0 Å². The van der Waals surface area contributed by atoms with Gasteiger partial charge in [-0.25, -0.2) is 0 Å². The molecule has 2 aliphatic carbocycles. The lowest BCUT2D eigenvalue weighted by molar-refractivity contribution is 0.802. The lowest BCUT2D eigenvalue weighted by atomic mass is 10.1. The first-order valence-corrected chi connectivity index (χ1v) is 8.07. The molecule has 0 nitrogen and oxygen atoms in total. The number of allylic oxidation sites excluding steroid dienone is 8. The van der Waals surface area contributed by atoms with Gasteiger partial charge < -0.3 is 0 Å². The smallest absolute Gasteiger partial charge is 0.0220 e. The summed E-state index contributed by atoms with van der Waals surface area (Å²) >= 11 is 0. The third kappa shape index (κ3) is 3.08. The third-order valence-corrected chi connectivity index (χ3v) is 6.50. The molecular formula is C14H18S2. The maximum absolute atomic E-state index is 2.31. The van der Waals surface area contributed by atoms with Gasteiger partial charge in [-0.3, -0.25) is 0 Å². The van der Waals surface area contributed by atoms with Crippen LogP contribution in [0.4, 0.5) is 0 Å². The summed E-state index contributed by atoms with van der Waals surface area (Å²) in [5.41, 5.74) is 0. The molecule has 0 bridgehead atoms. The minimum Gasteiger partial charge on any atom is -0.0898 e. The Morgan fingerprint density at radius 3 is 1.31 bits per heavy atom. The Labute approximate surface area is 106 Å². The van der Waals surface area contributed by atoms with E-state index in [1.54, 1.807) is 0 Å². The molecule has 2 aliphatic rings. The second-order valence-corrected chi connectivity index (χ2v) is 7.32. The molecule has 0 saturated carbocycles. The topological polar surface area (TPSA) is 0 Å². The average Bonchev–Trinajstić information content (AvgIpc) is 2.95. The number of rotatable bonds is 5. The van der Waals surface area contributed by atoms with Crippen LogP contribution in [0.5, 0.6) is 0 Å². The second-order valence-electron chi connectivity index (χ2n) is 4.30. The molecule has 0 radical (unpaired) electrons. The predicted octanol–water partition coefficient (Wildman–Crippen LogP) is 4.63. The van der Waals surface area contributed by atoms with E-state index in [1.807, 2.05) is 21.6 Å². The molecular weight excluding hydrogens is 232 g/mol. The summed E-state index contributed by atoms with van der Waals surface area (Å²) in [6.07, 6.45) is 17.8. The van der Waals surface area contributed by atoms with Crippen molar-refractivity contribution in [3.8, 4) is 0 Å². The molecule has 0 saturated heterocycles. The molecule has 16 heavy (non-hydrogen) atoms. The van der Waals surface area contributed by atoms with Gasteiger partial charge in [0.05, 0.1) is 0 Å². The average molecular weight is 250 g/mol. The zero-order valence-electron chi connectivity index (χ0n) is 9.74. The van der Waals surface area contributed by atoms with Crippen LogP contribution < -0.4 is 0 Å². The van der Waals surface area contributed by atoms with E-state index in [1.165, 1.54) is 0 Å². The van der Waals surface area contributed by atoms with Crippen molar-refractivity contribution < 1.29 is 0 Å². The maximum Gasteiger partial charge on any atom is 0.0220 e. The summed E-state index contributed by atoms with van der Waals surface area (Å²) in [6.45, 7) is 4.63. The summed E-state index contributed by atoms with van der Waals surface area (Å²) in [5.74, 6) is 1.25. The van der Waals surface area contributed by atoms with E-state index in [9.17, 15) is 0 Å². The molecule has 0 N–H and O–H groups in total. The Kier molecular flexibility index (Phi) is 4.42. The monoisotopic (exact) mass is 250 g/mol. The van der Waals surface area contributed by atoms with Crippen LogP contribution in [0.15, 0.2) is 48.6 Å². The molecule has 0 aliphatic heterocycles. The SMILES string of the molecule is CC(SSC(C)C1C=CC=C1)C1C=CC=C1. The van der Waals surface area contributed by atoms with E-state index in [2.05, 4.69) is 62.5 Å². The molecule has 0 amide bonds. The lowest BCUT2D eigenvalue weighted by Crippen LogP contribution is -2.10. The Balaban J connectivity index is 1.74. The molecule has 2 atom stereocenters. The van der Waals surface area contributed by atoms with Crippen LogP contribution in [0, 0.1) is 11.8 Å². The van der Waals surface area contributed by atoms with E-state index >= 15 is 0 Å². The van der Waals surface area contributed by atoms with Crippen molar-refractivity contribution in [1.82, 2.24) is 0 Å². The van der Waals surface area contributed by atoms with Crippen LogP contribution in [-0.4, -0.2) is 10.5 Å². The molecule has 0 aromatic carbocycles. The van der Waals surface area contributed by atoms with Crippen LogP contribution in [-0.2, 0) is 0 Å². The summed E-state index contributed by atoms with van der Waals surface area (Å²) in [5, 5.41) is 1.33. The first kappa shape index (κ1) is 12.1. The van der Waals surface area contributed by atoms with Gasteiger partial charge in [-0.1, -0.05) is 84.0 Å². The molecule has 0 spiro atoms. The highest BCUT2D eigenvalue weighted by Crippen LogP contribution is 2.39. The first-order chi connectivity index (χ1) is 7.77. The Morgan fingerprint density at radius 1 is 0.688 bits per heavy atom. The molecule has 2 heteroatoms. The third-order valence-electron chi connectivity index (χ3n) is 3.00. The van der Waals surface area contributed by atoms with Crippen molar-refractivity contribution in [2.24, 2.45) is 11.8 Å². The lowest BCUT2D eigenvalue weighted by Gasteiger charge is -2.19. The minimum atomic E-state index is 0.624. The van der Waals surface area contributed by atoms with E-state index < -0.39 is 0 Å². The highest BCUT2D eigenvalue weighted by atomic mass is 33.1. The van der Waals surface area contributed by atoms with Gasteiger partial charge in [0.1, 0.15) is 0 Å². The zero-order chi connectivity index (χ0) is 11.4. The summed E-state index contributed by atoms with van der Waals surface area (Å²) < 4.78 is 0. The molecule has 2 rings (SSSR count). The molecule has 0 fully saturated rings. The van der Waals surface area contributed by atoms with Gasteiger partial charge in [0.15, 0.2) is 0 Å². The Bertz CT molecular complexity index is 281. The summed E-state index contributed by atoms with van der Waals surface area (Å²) in [4.78, 5) is 0. The van der Waals surface area contributed by atoms with Gasteiger partial charge in [0, 0.05) is 22.3 Å².